The number of aromatic nitrogens is 1. The first-order valence-electron chi connectivity index (χ1n) is 11.6. The average molecular weight is 474 g/mol. The highest BCUT2D eigenvalue weighted by Crippen LogP contribution is 2.18. The number of furan rings is 1. The highest BCUT2D eigenvalue weighted by atomic mass is 19.1. The van der Waals surface area contributed by atoms with Gasteiger partial charge in [0.15, 0.2) is 5.76 Å². The normalized spacial score (nSPS) is 10.8. The van der Waals surface area contributed by atoms with Gasteiger partial charge in [-0.1, -0.05) is 36.8 Å². The third-order valence-corrected chi connectivity index (χ3v) is 5.68. The van der Waals surface area contributed by atoms with Crippen molar-refractivity contribution >= 4 is 17.5 Å². The molecule has 0 unspecified atom stereocenters. The Labute approximate surface area is 204 Å². The number of aryl methyl sites for hydroxylation is 1. The summed E-state index contributed by atoms with van der Waals surface area (Å²) in [6.07, 6.45) is 2.64. The third kappa shape index (κ3) is 5.87. The van der Waals surface area contributed by atoms with E-state index in [4.69, 9.17) is 4.42 Å². The molecular formula is C28H28FN3O3. The monoisotopic (exact) mass is 473 g/mol. The lowest BCUT2D eigenvalue weighted by Crippen LogP contribution is -2.32. The van der Waals surface area contributed by atoms with Crippen molar-refractivity contribution in [2.75, 3.05) is 11.9 Å². The summed E-state index contributed by atoms with van der Waals surface area (Å²) in [7, 11) is 0. The fourth-order valence-electron chi connectivity index (χ4n) is 3.85. The van der Waals surface area contributed by atoms with Crippen LogP contribution in [0.4, 0.5) is 10.1 Å². The minimum Gasteiger partial charge on any atom is -0.454 e. The first-order chi connectivity index (χ1) is 16.9. The van der Waals surface area contributed by atoms with Crippen LogP contribution in [0.1, 0.15) is 51.3 Å². The van der Waals surface area contributed by atoms with Crippen molar-refractivity contribution in [3.63, 3.8) is 0 Å². The molecule has 0 spiro atoms. The van der Waals surface area contributed by atoms with Crippen LogP contribution in [-0.4, -0.2) is 27.8 Å². The lowest BCUT2D eigenvalue weighted by atomic mass is 10.1. The van der Waals surface area contributed by atoms with E-state index in [0.29, 0.717) is 31.1 Å². The molecule has 1 N–H and O–H groups in total. The molecule has 0 radical (unpaired) electrons. The molecule has 6 nitrogen and oxygen atoms in total. The van der Waals surface area contributed by atoms with Gasteiger partial charge in [-0.15, -0.1) is 0 Å². The Morgan fingerprint density at radius 2 is 1.77 bits per heavy atom. The molecular weight excluding hydrogens is 445 g/mol. The number of carbonyl (C=O) groups is 2. The zero-order chi connectivity index (χ0) is 24.8. The summed E-state index contributed by atoms with van der Waals surface area (Å²) in [4.78, 5) is 27.2. The largest absolute Gasteiger partial charge is 0.454 e. The van der Waals surface area contributed by atoms with E-state index in [2.05, 4.69) is 5.32 Å². The summed E-state index contributed by atoms with van der Waals surface area (Å²) in [5.41, 5.74) is 2.75. The molecule has 0 aliphatic rings. The van der Waals surface area contributed by atoms with E-state index in [1.807, 2.05) is 61.0 Å². The first-order valence-corrected chi connectivity index (χ1v) is 11.6. The molecule has 180 valence electrons. The summed E-state index contributed by atoms with van der Waals surface area (Å²) in [6, 6.07) is 20.8. The lowest BCUT2D eigenvalue weighted by Gasteiger charge is -2.23. The number of halogens is 1. The average Bonchev–Trinajstić information content (AvgIpc) is 3.50. The van der Waals surface area contributed by atoms with Crippen molar-refractivity contribution in [2.24, 2.45) is 0 Å². The van der Waals surface area contributed by atoms with Gasteiger partial charge >= 0.3 is 0 Å². The molecule has 7 heteroatoms. The minimum absolute atomic E-state index is 0.0642. The fraction of sp³-hybridized carbons (Fsp3) is 0.214. The maximum atomic E-state index is 14.2. The Bertz CT molecular complexity index is 1310. The molecule has 2 aromatic heterocycles. The lowest BCUT2D eigenvalue weighted by molar-refractivity contribution is 0.0734. The Kier molecular flexibility index (Phi) is 7.45. The van der Waals surface area contributed by atoms with E-state index in [-0.39, 0.29) is 23.1 Å². The van der Waals surface area contributed by atoms with E-state index in [1.54, 1.807) is 29.2 Å². The molecule has 0 saturated carbocycles. The number of hydrogen-bond donors (Lipinski definition) is 1. The van der Waals surface area contributed by atoms with E-state index in [0.717, 1.165) is 17.7 Å². The van der Waals surface area contributed by atoms with Gasteiger partial charge in [0.2, 0.25) is 0 Å². The number of anilines is 1. The van der Waals surface area contributed by atoms with Crippen molar-refractivity contribution < 1.29 is 18.4 Å². The summed E-state index contributed by atoms with van der Waals surface area (Å²) in [5, 5.41) is 2.83. The second-order valence-corrected chi connectivity index (χ2v) is 8.42. The zero-order valence-corrected chi connectivity index (χ0v) is 19.8. The van der Waals surface area contributed by atoms with Crippen LogP contribution in [0.3, 0.4) is 0 Å². The van der Waals surface area contributed by atoms with Crippen LogP contribution in [0.15, 0.2) is 83.4 Å². The predicted molar refractivity (Wildman–Crippen MR) is 133 cm³/mol. The van der Waals surface area contributed by atoms with Crippen LogP contribution in [0.5, 0.6) is 0 Å². The summed E-state index contributed by atoms with van der Waals surface area (Å²) >= 11 is 0. The second-order valence-electron chi connectivity index (χ2n) is 8.42. The van der Waals surface area contributed by atoms with Crippen LogP contribution in [0.2, 0.25) is 0 Å². The Morgan fingerprint density at radius 1 is 1.00 bits per heavy atom. The van der Waals surface area contributed by atoms with Gasteiger partial charge in [0.25, 0.3) is 11.8 Å². The predicted octanol–water partition coefficient (Wildman–Crippen LogP) is 5.88. The zero-order valence-electron chi connectivity index (χ0n) is 19.8. The molecule has 2 aromatic carbocycles. The molecule has 0 atom stereocenters. The second kappa shape index (κ2) is 10.9. The van der Waals surface area contributed by atoms with Gasteiger partial charge in [-0.3, -0.25) is 9.59 Å². The summed E-state index contributed by atoms with van der Waals surface area (Å²) in [5.74, 6) is -0.361. The number of amides is 2. The van der Waals surface area contributed by atoms with Crippen LogP contribution < -0.4 is 5.32 Å². The van der Waals surface area contributed by atoms with Gasteiger partial charge in [-0.05, 0) is 61.9 Å². The van der Waals surface area contributed by atoms with Gasteiger partial charge in [0.1, 0.15) is 11.6 Å². The van der Waals surface area contributed by atoms with Crippen LogP contribution in [-0.2, 0) is 13.1 Å². The fourth-order valence-corrected chi connectivity index (χ4v) is 3.85. The van der Waals surface area contributed by atoms with Crippen molar-refractivity contribution in [1.29, 1.82) is 0 Å². The number of benzene rings is 2. The van der Waals surface area contributed by atoms with Gasteiger partial charge in [0.05, 0.1) is 18.7 Å². The third-order valence-electron chi connectivity index (χ3n) is 5.68. The molecule has 2 amide bonds. The molecule has 0 aliphatic carbocycles. The van der Waals surface area contributed by atoms with E-state index in [9.17, 15) is 14.0 Å². The number of rotatable bonds is 9. The number of hydrogen-bond acceptors (Lipinski definition) is 3. The summed E-state index contributed by atoms with van der Waals surface area (Å²) < 4.78 is 22.0. The molecule has 0 fully saturated rings. The highest BCUT2D eigenvalue weighted by molar-refractivity contribution is 6.02. The van der Waals surface area contributed by atoms with Crippen molar-refractivity contribution in [1.82, 2.24) is 9.47 Å². The van der Waals surface area contributed by atoms with Gasteiger partial charge in [-0.2, -0.15) is 0 Å². The quantitative estimate of drug-likeness (QED) is 0.330. The first kappa shape index (κ1) is 24.0. The number of nitrogens with one attached hydrogen (secondary N) is 1. The molecule has 4 rings (SSSR count). The SMILES string of the molecule is CCCN(Cc1cccn1Cc1ccc(C(=O)Nc2ccc(C)cc2)o1)C(=O)c1ccccc1F. The summed E-state index contributed by atoms with van der Waals surface area (Å²) in [6.45, 7) is 5.19. The van der Waals surface area contributed by atoms with Crippen LogP contribution in [0, 0.1) is 12.7 Å². The molecule has 35 heavy (non-hydrogen) atoms. The van der Waals surface area contributed by atoms with Gasteiger partial charge < -0.3 is 19.2 Å². The molecule has 0 aliphatic heterocycles. The van der Waals surface area contributed by atoms with E-state index in [1.165, 1.54) is 12.1 Å². The molecule has 0 bridgehead atoms. The maximum Gasteiger partial charge on any atom is 0.291 e. The van der Waals surface area contributed by atoms with Crippen molar-refractivity contribution in [3.05, 3.63) is 113 Å². The molecule has 4 aromatic rings. The number of carbonyl (C=O) groups excluding carboxylic acids is 2. The topological polar surface area (TPSA) is 67.5 Å². The van der Waals surface area contributed by atoms with Crippen molar-refractivity contribution in [3.8, 4) is 0 Å². The van der Waals surface area contributed by atoms with E-state index >= 15 is 0 Å². The highest BCUT2D eigenvalue weighted by Gasteiger charge is 2.20. The van der Waals surface area contributed by atoms with Crippen LogP contribution in [0.25, 0.3) is 0 Å². The Hall–Kier alpha value is -4.13. The standard InChI is InChI=1S/C28H28FN3O3/c1-3-16-32(28(34)24-8-4-5-9-25(24)29)18-22-7-6-17-31(22)19-23-14-15-26(35-23)27(33)30-21-12-10-20(2)11-13-21/h4-15,17H,3,16,18-19H2,1-2H3,(H,30,33). The Balaban J connectivity index is 1.45. The van der Waals surface area contributed by atoms with Crippen molar-refractivity contribution in [2.45, 2.75) is 33.4 Å². The molecule has 0 saturated heterocycles. The smallest absolute Gasteiger partial charge is 0.291 e. The van der Waals surface area contributed by atoms with Crippen LogP contribution >= 0.6 is 0 Å². The van der Waals surface area contributed by atoms with Gasteiger partial charge in [0, 0.05) is 24.1 Å². The molecule has 2 heterocycles. The number of nitrogens with zero attached hydrogens (tertiary/aromatic N) is 2. The Morgan fingerprint density at radius 3 is 2.51 bits per heavy atom. The van der Waals surface area contributed by atoms with E-state index < -0.39 is 5.82 Å². The maximum absolute atomic E-state index is 14.2. The minimum atomic E-state index is -0.527. The van der Waals surface area contributed by atoms with Gasteiger partial charge in [-0.25, -0.2) is 4.39 Å².